The van der Waals surface area contributed by atoms with Crippen molar-refractivity contribution in [2.45, 2.75) is 0 Å². The van der Waals surface area contributed by atoms with Crippen LogP contribution in [0.25, 0.3) is 89.7 Å². The number of aromatic nitrogens is 8. The van der Waals surface area contributed by atoms with E-state index in [1.165, 1.54) is 0 Å². The van der Waals surface area contributed by atoms with Crippen molar-refractivity contribution in [2.24, 2.45) is 0 Å². The smallest absolute Gasteiger partial charge is 0.357 e. The first-order valence-corrected chi connectivity index (χ1v) is 15.7. The third-order valence-electron chi connectivity index (χ3n) is 7.33. The van der Waals surface area contributed by atoms with Crippen LogP contribution in [0.5, 0.6) is 0 Å². The van der Waals surface area contributed by atoms with Gasteiger partial charge in [0.15, 0.2) is 0 Å². The van der Waals surface area contributed by atoms with Crippen molar-refractivity contribution in [3.63, 3.8) is 0 Å². The van der Waals surface area contributed by atoms with E-state index < -0.39 is 10.1 Å². The summed E-state index contributed by atoms with van der Waals surface area (Å²) in [6.45, 7) is 0. The molecule has 0 saturated carbocycles. The summed E-state index contributed by atoms with van der Waals surface area (Å²) in [5.74, 6) is 2.21. The second-order valence-corrected chi connectivity index (χ2v) is 11.9. The van der Waals surface area contributed by atoms with Crippen LogP contribution in [-0.4, -0.2) is 49.1 Å². The molecule has 0 unspecified atom stereocenters. The Morgan fingerprint density at radius 3 is 0.913 bits per heavy atom. The monoisotopic (exact) mass is 671 g/mol. The second-order valence-electron chi connectivity index (χ2n) is 10.4. The number of rotatable bonds is 0. The first-order chi connectivity index (χ1) is 21.8. The molecule has 46 heavy (non-hydrogen) atoms. The third-order valence-corrected chi connectivity index (χ3v) is 7.33. The summed E-state index contributed by atoms with van der Waals surface area (Å²) >= 11 is 0. The van der Waals surface area contributed by atoms with Gasteiger partial charge in [-0.15, -0.1) is 0 Å². The van der Waals surface area contributed by atoms with Crippen LogP contribution in [0.3, 0.4) is 0 Å². The minimum absolute atomic E-state index is 0. The Balaban J connectivity index is 0.000000526. The zero-order valence-corrected chi connectivity index (χ0v) is 25.5. The van der Waals surface area contributed by atoms with Gasteiger partial charge >= 0.3 is 17.1 Å². The fourth-order valence-electron chi connectivity index (χ4n) is 5.46. The molecule has 0 atom stereocenters. The average molecular weight is 672 g/mol. The van der Waals surface area contributed by atoms with E-state index >= 15 is 0 Å². The number of benzene rings is 4. The molecule has 2 aliphatic heterocycles. The third kappa shape index (κ3) is 5.21. The van der Waals surface area contributed by atoms with Crippen molar-refractivity contribution < 1.29 is 30.0 Å². The molecule has 0 aliphatic carbocycles. The maximum atomic E-state index is 9.19. The van der Waals surface area contributed by atoms with Gasteiger partial charge in [-0.2, -0.15) is 8.42 Å². The maximum Gasteiger partial charge on any atom is 2.00 e. The van der Waals surface area contributed by atoms with Crippen LogP contribution >= 0.6 is 0 Å². The zero-order valence-electron chi connectivity index (χ0n) is 23.8. The fourth-order valence-corrected chi connectivity index (χ4v) is 5.46. The van der Waals surface area contributed by atoms with E-state index in [-0.39, 0.29) is 17.1 Å². The molecule has 1 N–H and O–H groups in total. The van der Waals surface area contributed by atoms with Gasteiger partial charge in [0.25, 0.3) is 10.1 Å². The minimum Gasteiger partial charge on any atom is -0.357 e. The van der Waals surface area contributed by atoms with Gasteiger partial charge in [-0.1, -0.05) is 97.1 Å². The largest absolute Gasteiger partial charge is 2.00 e. The summed E-state index contributed by atoms with van der Waals surface area (Å²) in [5, 5.41) is 3.57. The molecule has 9 rings (SSSR count). The zero-order chi connectivity index (χ0) is 30.7. The summed E-state index contributed by atoms with van der Waals surface area (Å²) in [7, 11) is -3.67. The van der Waals surface area contributed by atoms with E-state index in [1.807, 2.05) is 97.1 Å². The summed E-state index contributed by atoms with van der Waals surface area (Å²) in [5.41, 5.74) is 5.78. The predicted octanol–water partition coefficient (Wildman–Crippen LogP) is 5.63. The summed E-state index contributed by atoms with van der Waals surface area (Å²) in [6.07, 6.45) is 0.715. The van der Waals surface area contributed by atoms with Crippen LogP contribution in [0, 0.1) is 0 Å². The van der Waals surface area contributed by atoms with E-state index in [4.69, 9.17) is 44.4 Å². The number of hydrogen-bond acceptors (Lipinski definition) is 8. The Kier molecular flexibility index (Phi) is 7.18. The summed E-state index contributed by atoms with van der Waals surface area (Å²) in [6, 6.07) is 31.8. The Bertz CT molecular complexity index is 2290. The fraction of sp³-hybridized carbons (Fsp3) is 0.0303. The van der Waals surface area contributed by atoms with E-state index in [2.05, 4.69) is 0 Å². The summed E-state index contributed by atoms with van der Waals surface area (Å²) < 4.78 is 25.9. The van der Waals surface area contributed by atoms with Gasteiger partial charge in [0.1, 0.15) is 0 Å². The standard InChI is InChI=1S/C32H16N8.CH4O3S.Cu/c1-2-10-18-17(9-1)25-33-26(18)38-28-21-13-5-6-14-22(21)30(35-28)40-32-24-16-8-7-15-23(24)31(36-32)39-29-20-12-4-3-11-19(20)27(34-29)37-25;1-5(2,3)4;/h1-16H;1H3,(H,2,3,4);/q-2;;+2. The van der Waals surface area contributed by atoms with Gasteiger partial charge in [0.05, 0.1) is 29.6 Å². The van der Waals surface area contributed by atoms with Crippen molar-refractivity contribution in [2.75, 3.05) is 6.26 Å². The topological polar surface area (TPSA) is 160 Å². The number of fused-ring (bicyclic) bond motifs is 20. The number of nitrogens with zero attached hydrogens (tertiary/aromatic N) is 8. The Morgan fingerprint density at radius 2 is 0.674 bits per heavy atom. The second kappa shape index (κ2) is 11.2. The van der Waals surface area contributed by atoms with Crippen molar-refractivity contribution in [3.8, 4) is 45.6 Å². The summed E-state index contributed by atoms with van der Waals surface area (Å²) in [4.78, 5) is 39.3. The molecule has 3 aromatic heterocycles. The minimum atomic E-state index is -3.67. The molecule has 4 aromatic carbocycles. The molecule has 5 heterocycles. The van der Waals surface area contributed by atoms with Gasteiger partial charge in [-0.05, 0) is 21.5 Å². The van der Waals surface area contributed by atoms with Gasteiger partial charge in [-0.25, -0.2) is 9.97 Å². The van der Waals surface area contributed by atoms with Gasteiger partial charge in [0.2, 0.25) is 0 Å². The SMILES string of the molecule is CS(=O)(=O)O.[Cu+2].c1ccc2c(c1)-c1nc-2nc2[n-]c(nc3nc(nc4[n-]c(n1)c1ccccc41)-c1ccccc1-3)c1ccccc21. The molecular weight excluding hydrogens is 652 g/mol. The van der Waals surface area contributed by atoms with Crippen molar-refractivity contribution in [1.82, 2.24) is 39.9 Å². The first-order valence-electron chi connectivity index (χ1n) is 13.8. The molecule has 0 fully saturated rings. The molecule has 0 spiro atoms. The van der Waals surface area contributed by atoms with Crippen LogP contribution in [0.4, 0.5) is 0 Å². The van der Waals surface area contributed by atoms with E-state index in [9.17, 15) is 8.42 Å². The van der Waals surface area contributed by atoms with E-state index in [0.29, 0.717) is 52.1 Å². The molecule has 1 radical (unpaired) electrons. The molecule has 0 saturated heterocycles. The molecule has 11 nitrogen and oxygen atoms in total. The first kappa shape index (κ1) is 29.4. The molecule has 8 bridgehead atoms. The van der Waals surface area contributed by atoms with Crippen LogP contribution < -0.4 is 9.97 Å². The molecular formula is C33H20CuN8O3S. The molecule has 13 heteroatoms. The molecule has 0 amide bonds. The van der Waals surface area contributed by atoms with Crippen LogP contribution in [0.1, 0.15) is 0 Å². The molecule has 2 aliphatic rings. The van der Waals surface area contributed by atoms with E-state index in [0.717, 1.165) is 43.8 Å². The average Bonchev–Trinajstić information content (AvgIpc) is 3.76. The number of hydrogen-bond donors (Lipinski definition) is 1. The molecule has 7 aromatic rings. The van der Waals surface area contributed by atoms with Crippen molar-refractivity contribution in [1.29, 1.82) is 0 Å². The quantitative estimate of drug-likeness (QED) is 0.157. The van der Waals surface area contributed by atoms with Gasteiger partial charge in [0, 0.05) is 44.8 Å². The predicted molar refractivity (Wildman–Crippen MR) is 171 cm³/mol. The van der Waals surface area contributed by atoms with Gasteiger partial charge < -0.3 is 29.9 Å². The van der Waals surface area contributed by atoms with Crippen LogP contribution in [0.15, 0.2) is 97.1 Å². The Hall–Kier alpha value is -5.33. The van der Waals surface area contributed by atoms with E-state index in [1.54, 1.807) is 0 Å². The Morgan fingerprint density at radius 1 is 0.457 bits per heavy atom. The Labute approximate surface area is 272 Å². The van der Waals surface area contributed by atoms with Crippen molar-refractivity contribution >= 4 is 54.3 Å². The molecule has 227 valence electrons. The van der Waals surface area contributed by atoms with Crippen LogP contribution in [0.2, 0.25) is 0 Å². The normalized spacial score (nSPS) is 11.7. The van der Waals surface area contributed by atoms with Gasteiger partial charge in [-0.3, -0.25) is 4.55 Å². The van der Waals surface area contributed by atoms with Crippen LogP contribution in [-0.2, 0) is 27.2 Å². The van der Waals surface area contributed by atoms with Crippen molar-refractivity contribution in [3.05, 3.63) is 97.1 Å². The maximum absolute atomic E-state index is 9.19.